The van der Waals surface area contributed by atoms with Gasteiger partial charge in [0.2, 0.25) is 0 Å². The van der Waals surface area contributed by atoms with Gasteiger partial charge in [-0.1, -0.05) is 13.0 Å². The fourth-order valence-corrected chi connectivity index (χ4v) is 3.94. The van der Waals surface area contributed by atoms with Crippen LogP contribution in [0.3, 0.4) is 0 Å². The normalized spacial score (nSPS) is 14.8. The standard InChI is InChI=1S/C21H24FN3/c1-3-15-4-5-20-18(11-15)19-14-24(2)8-7-21(19)25(20)9-6-16-10-17(22)13-23-12-16/h4-5,10-13H,3,6-9,14H2,1-2H3. The lowest BCUT2D eigenvalue weighted by Crippen LogP contribution is -2.27. The van der Waals surface area contributed by atoms with E-state index in [2.05, 4.69) is 46.6 Å². The van der Waals surface area contributed by atoms with E-state index in [1.165, 1.54) is 33.9 Å². The Bertz CT molecular complexity index is 913. The SMILES string of the molecule is CCc1ccc2c(c1)c1c(n2CCc2cncc(F)c2)CCN(C)C1. The van der Waals surface area contributed by atoms with Gasteiger partial charge in [0.25, 0.3) is 0 Å². The van der Waals surface area contributed by atoms with Crippen molar-refractivity contribution in [2.45, 2.75) is 39.3 Å². The fourth-order valence-electron chi connectivity index (χ4n) is 3.94. The first-order chi connectivity index (χ1) is 12.2. The number of nitrogens with zero attached hydrogens (tertiary/aromatic N) is 3. The Kier molecular flexibility index (Phi) is 4.30. The maximum atomic E-state index is 13.4. The molecule has 2 aromatic heterocycles. The van der Waals surface area contributed by atoms with Gasteiger partial charge in [0, 0.05) is 48.8 Å². The van der Waals surface area contributed by atoms with Gasteiger partial charge in [0.15, 0.2) is 0 Å². The highest BCUT2D eigenvalue weighted by atomic mass is 19.1. The lowest BCUT2D eigenvalue weighted by Gasteiger charge is -2.24. The zero-order valence-corrected chi connectivity index (χ0v) is 14.9. The van der Waals surface area contributed by atoms with Crippen LogP contribution in [0.15, 0.2) is 36.7 Å². The van der Waals surface area contributed by atoms with E-state index >= 15 is 0 Å². The second kappa shape index (κ2) is 6.60. The number of halogens is 1. The van der Waals surface area contributed by atoms with Crippen LogP contribution in [0, 0.1) is 5.82 Å². The minimum Gasteiger partial charge on any atom is -0.344 e. The summed E-state index contributed by atoms with van der Waals surface area (Å²) >= 11 is 0. The van der Waals surface area contributed by atoms with Crippen LogP contribution in [0.1, 0.15) is 29.3 Å². The van der Waals surface area contributed by atoms with E-state index in [1.807, 2.05) is 0 Å². The lowest BCUT2D eigenvalue weighted by atomic mass is 10.0. The van der Waals surface area contributed by atoms with Crippen molar-refractivity contribution >= 4 is 10.9 Å². The quantitative estimate of drug-likeness (QED) is 0.718. The maximum Gasteiger partial charge on any atom is 0.141 e. The summed E-state index contributed by atoms with van der Waals surface area (Å²) < 4.78 is 15.9. The van der Waals surface area contributed by atoms with Crippen LogP contribution in [0.4, 0.5) is 4.39 Å². The number of hydrogen-bond acceptors (Lipinski definition) is 2. The van der Waals surface area contributed by atoms with E-state index < -0.39 is 0 Å². The molecule has 3 aromatic rings. The van der Waals surface area contributed by atoms with E-state index in [4.69, 9.17) is 0 Å². The van der Waals surface area contributed by atoms with E-state index in [0.29, 0.717) is 0 Å². The second-order valence-electron chi connectivity index (χ2n) is 7.03. The van der Waals surface area contributed by atoms with Gasteiger partial charge in [-0.15, -0.1) is 0 Å². The van der Waals surface area contributed by atoms with Crippen molar-refractivity contribution in [3.63, 3.8) is 0 Å². The zero-order chi connectivity index (χ0) is 17.4. The number of fused-ring (bicyclic) bond motifs is 3. The third-order valence-electron chi connectivity index (χ3n) is 5.30. The maximum absolute atomic E-state index is 13.4. The summed E-state index contributed by atoms with van der Waals surface area (Å²) in [5.41, 5.74) is 6.56. The molecule has 1 aromatic carbocycles. The largest absolute Gasteiger partial charge is 0.344 e. The average molecular weight is 337 g/mol. The summed E-state index contributed by atoms with van der Waals surface area (Å²) in [6.45, 7) is 5.17. The van der Waals surface area contributed by atoms with Gasteiger partial charge >= 0.3 is 0 Å². The Morgan fingerprint density at radius 3 is 2.84 bits per heavy atom. The fraction of sp³-hybridized carbons (Fsp3) is 0.381. The van der Waals surface area contributed by atoms with Crippen LogP contribution in [-0.4, -0.2) is 28.0 Å². The van der Waals surface area contributed by atoms with Crippen molar-refractivity contribution in [1.29, 1.82) is 0 Å². The molecule has 1 aliphatic rings. The molecule has 0 amide bonds. The smallest absolute Gasteiger partial charge is 0.141 e. The van der Waals surface area contributed by atoms with Gasteiger partial charge in [0.1, 0.15) is 5.82 Å². The summed E-state index contributed by atoms with van der Waals surface area (Å²) in [7, 11) is 2.19. The topological polar surface area (TPSA) is 21.1 Å². The minimum absolute atomic E-state index is 0.258. The molecule has 25 heavy (non-hydrogen) atoms. The van der Waals surface area contributed by atoms with E-state index in [0.717, 1.165) is 44.5 Å². The monoisotopic (exact) mass is 337 g/mol. The molecule has 0 fully saturated rings. The Morgan fingerprint density at radius 1 is 1.16 bits per heavy atom. The summed E-state index contributed by atoms with van der Waals surface area (Å²) in [5.74, 6) is -0.258. The number of rotatable bonds is 4. The molecular formula is C21H24FN3. The molecule has 0 radical (unpaired) electrons. The van der Waals surface area contributed by atoms with Crippen molar-refractivity contribution in [3.8, 4) is 0 Å². The van der Waals surface area contributed by atoms with Gasteiger partial charge in [0.05, 0.1) is 6.20 Å². The number of aromatic nitrogens is 2. The Hall–Kier alpha value is -2.20. The molecule has 0 aliphatic carbocycles. The van der Waals surface area contributed by atoms with Gasteiger partial charge < -0.3 is 9.47 Å². The van der Waals surface area contributed by atoms with Crippen LogP contribution in [-0.2, 0) is 32.4 Å². The van der Waals surface area contributed by atoms with E-state index in [9.17, 15) is 4.39 Å². The molecule has 0 N–H and O–H groups in total. The first kappa shape index (κ1) is 16.3. The highest BCUT2D eigenvalue weighted by molar-refractivity contribution is 5.86. The first-order valence-electron chi connectivity index (χ1n) is 9.06. The summed E-state index contributed by atoms with van der Waals surface area (Å²) in [6, 6.07) is 8.44. The van der Waals surface area contributed by atoms with Gasteiger partial charge in [-0.2, -0.15) is 0 Å². The lowest BCUT2D eigenvalue weighted by molar-refractivity contribution is 0.309. The van der Waals surface area contributed by atoms with Crippen molar-refractivity contribution in [2.24, 2.45) is 0 Å². The minimum atomic E-state index is -0.258. The highest BCUT2D eigenvalue weighted by Crippen LogP contribution is 2.31. The number of likely N-dealkylation sites (N-methyl/N-ethyl adjacent to an activating group) is 1. The van der Waals surface area contributed by atoms with Crippen molar-refractivity contribution in [1.82, 2.24) is 14.5 Å². The van der Waals surface area contributed by atoms with Crippen LogP contribution in [0.5, 0.6) is 0 Å². The predicted octanol–water partition coefficient (Wildman–Crippen LogP) is 3.97. The molecule has 0 spiro atoms. The summed E-state index contributed by atoms with van der Waals surface area (Å²) in [6.07, 6.45) is 5.96. The van der Waals surface area contributed by atoms with Crippen LogP contribution < -0.4 is 0 Å². The average Bonchev–Trinajstić information content (AvgIpc) is 2.92. The molecule has 0 bridgehead atoms. The van der Waals surface area contributed by atoms with Gasteiger partial charge in [-0.25, -0.2) is 4.39 Å². The molecule has 0 saturated heterocycles. The highest BCUT2D eigenvalue weighted by Gasteiger charge is 2.22. The Morgan fingerprint density at radius 2 is 2.04 bits per heavy atom. The van der Waals surface area contributed by atoms with Crippen LogP contribution in [0.25, 0.3) is 10.9 Å². The predicted molar refractivity (Wildman–Crippen MR) is 99.3 cm³/mol. The molecule has 1 aliphatic heterocycles. The Labute approximate surface area is 148 Å². The first-order valence-corrected chi connectivity index (χ1v) is 9.06. The molecule has 0 atom stereocenters. The second-order valence-corrected chi connectivity index (χ2v) is 7.03. The molecule has 0 unspecified atom stereocenters. The number of pyridine rings is 1. The summed E-state index contributed by atoms with van der Waals surface area (Å²) in [5, 5.41) is 1.39. The van der Waals surface area contributed by atoms with Crippen molar-refractivity contribution < 1.29 is 4.39 Å². The third kappa shape index (κ3) is 3.07. The Balaban J connectivity index is 1.75. The number of hydrogen-bond donors (Lipinski definition) is 0. The number of benzene rings is 1. The molecule has 0 saturated carbocycles. The van der Waals surface area contributed by atoms with E-state index in [-0.39, 0.29) is 5.82 Å². The van der Waals surface area contributed by atoms with Crippen LogP contribution in [0.2, 0.25) is 0 Å². The molecule has 3 heterocycles. The van der Waals surface area contributed by atoms with Gasteiger partial charge in [-0.3, -0.25) is 4.98 Å². The van der Waals surface area contributed by atoms with Crippen molar-refractivity contribution in [2.75, 3.05) is 13.6 Å². The molecule has 4 rings (SSSR count). The number of aryl methyl sites for hydroxylation is 3. The molecular weight excluding hydrogens is 313 g/mol. The zero-order valence-electron chi connectivity index (χ0n) is 14.9. The summed E-state index contributed by atoms with van der Waals surface area (Å²) in [4.78, 5) is 6.37. The van der Waals surface area contributed by atoms with E-state index in [1.54, 1.807) is 12.3 Å². The third-order valence-corrected chi connectivity index (χ3v) is 5.30. The van der Waals surface area contributed by atoms with Crippen LogP contribution >= 0.6 is 0 Å². The molecule has 3 nitrogen and oxygen atoms in total. The van der Waals surface area contributed by atoms with Crippen molar-refractivity contribution in [3.05, 3.63) is 64.9 Å². The van der Waals surface area contributed by atoms with Gasteiger partial charge in [-0.05, 0) is 54.8 Å². The molecule has 4 heteroatoms. The molecule has 130 valence electrons.